The van der Waals surface area contributed by atoms with E-state index in [1.807, 2.05) is 0 Å². The Hall–Kier alpha value is -2.86. The Balaban J connectivity index is 1.64. The Morgan fingerprint density at radius 1 is 1.19 bits per heavy atom. The predicted octanol–water partition coefficient (Wildman–Crippen LogP) is 3.84. The molecule has 0 fully saturated rings. The average molecular weight is 377 g/mol. The third-order valence-electron chi connectivity index (χ3n) is 3.72. The first-order valence-corrected chi connectivity index (χ1v) is 8.13. The van der Waals surface area contributed by atoms with Crippen molar-refractivity contribution in [2.24, 2.45) is 0 Å². The van der Waals surface area contributed by atoms with E-state index in [1.54, 1.807) is 50.6 Å². The zero-order valence-electron chi connectivity index (χ0n) is 14.3. The molecule has 0 atom stereocenters. The largest absolute Gasteiger partial charge is 0.497 e. The number of fused-ring (bicyclic) bond motifs is 1. The Morgan fingerprint density at radius 3 is 2.81 bits per heavy atom. The molecule has 0 aliphatic carbocycles. The zero-order valence-corrected chi connectivity index (χ0v) is 15.0. The van der Waals surface area contributed by atoms with Crippen LogP contribution in [0, 0.1) is 0 Å². The summed E-state index contributed by atoms with van der Waals surface area (Å²) in [6.45, 7) is 0.193. The van der Waals surface area contributed by atoms with E-state index in [9.17, 15) is 4.79 Å². The van der Waals surface area contributed by atoms with Gasteiger partial charge in [0.05, 0.1) is 19.2 Å². The second-order valence-electron chi connectivity index (χ2n) is 5.36. The molecular weight excluding hydrogens is 360 g/mol. The number of benzene rings is 2. The van der Waals surface area contributed by atoms with Gasteiger partial charge >= 0.3 is 5.97 Å². The number of esters is 1. The molecule has 6 nitrogen and oxygen atoms in total. The molecule has 0 unspecified atom stereocenters. The van der Waals surface area contributed by atoms with Crippen LogP contribution in [0.1, 0.15) is 11.1 Å². The number of halogens is 1. The first-order valence-electron chi connectivity index (χ1n) is 7.75. The van der Waals surface area contributed by atoms with E-state index in [-0.39, 0.29) is 13.4 Å². The summed E-state index contributed by atoms with van der Waals surface area (Å²) in [5.41, 5.74) is 1.41. The minimum Gasteiger partial charge on any atom is -0.497 e. The van der Waals surface area contributed by atoms with Crippen molar-refractivity contribution in [3.63, 3.8) is 0 Å². The molecule has 3 rings (SSSR count). The van der Waals surface area contributed by atoms with Gasteiger partial charge in [-0.15, -0.1) is 0 Å². The highest BCUT2D eigenvalue weighted by atomic mass is 35.5. The van der Waals surface area contributed by atoms with E-state index in [0.29, 0.717) is 39.1 Å². The van der Waals surface area contributed by atoms with Gasteiger partial charge in [-0.1, -0.05) is 11.6 Å². The van der Waals surface area contributed by atoms with Crippen molar-refractivity contribution in [3.8, 4) is 23.0 Å². The Morgan fingerprint density at radius 2 is 2.04 bits per heavy atom. The van der Waals surface area contributed by atoms with E-state index < -0.39 is 5.97 Å². The summed E-state index contributed by atoms with van der Waals surface area (Å²) in [5.74, 6) is 1.83. The molecule has 0 spiro atoms. The van der Waals surface area contributed by atoms with Crippen LogP contribution in [-0.2, 0) is 16.1 Å². The minimum absolute atomic E-state index is 0.0610. The molecule has 1 aliphatic heterocycles. The molecule has 0 amide bonds. The first-order chi connectivity index (χ1) is 12.6. The molecule has 26 heavy (non-hydrogen) atoms. The number of hydrogen-bond donors (Lipinski definition) is 0. The van der Waals surface area contributed by atoms with Crippen molar-refractivity contribution < 1.29 is 28.5 Å². The maximum absolute atomic E-state index is 12.0. The summed E-state index contributed by atoms with van der Waals surface area (Å²) in [6.07, 6.45) is 2.92. The lowest BCUT2D eigenvalue weighted by Gasteiger charge is -2.10. The minimum atomic E-state index is -0.497. The third-order valence-corrected chi connectivity index (χ3v) is 4.00. The van der Waals surface area contributed by atoms with Gasteiger partial charge < -0.3 is 23.7 Å². The maximum atomic E-state index is 12.0. The van der Waals surface area contributed by atoms with Crippen molar-refractivity contribution in [1.29, 1.82) is 0 Å². The van der Waals surface area contributed by atoms with Crippen LogP contribution in [0.3, 0.4) is 0 Å². The van der Waals surface area contributed by atoms with Crippen LogP contribution in [0.15, 0.2) is 36.4 Å². The van der Waals surface area contributed by atoms with Crippen molar-refractivity contribution in [3.05, 3.63) is 52.6 Å². The highest BCUT2D eigenvalue weighted by molar-refractivity contribution is 6.32. The molecule has 1 heterocycles. The summed E-state index contributed by atoms with van der Waals surface area (Å²) < 4.78 is 26.2. The summed E-state index contributed by atoms with van der Waals surface area (Å²) in [6, 6.07) is 8.71. The number of rotatable bonds is 6. The van der Waals surface area contributed by atoms with Crippen molar-refractivity contribution >= 4 is 23.6 Å². The van der Waals surface area contributed by atoms with Crippen LogP contribution in [0.5, 0.6) is 23.0 Å². The molecular formula is C19H17ClO6. The number of methoxy groups -OCH3 is 2. The van der Waals surface area contributed by atoms with Crippen molar-refractivity contribution in [2.75, 3.05) is 21.0 Å². The van der Waals surface area contributed by atoms with Gasteiger partial charge in [-0.05, 0) is 42.0 Å². The number of hydrogen-bond acceptors (Lipinski definition) is 6. The molecule has 0 radical (unpaired) electrons. The lowest BCUT2D eigenvalue weighted by Crippen LogP contribution is -2.02. The molecule has 0 saturated carbocycles. The highest BCUT2D eigenvalue weighted by Crippen LogP contribution is 2.40. The monoisotopic (exact) mass is 376 g/mol. The van der Waals surface area contributed by atoms with Gasteiger partial charge in [0.1, 0.15) is 18.1 Å². The van der Waals surface area contributed by atoms with Crippen LogP contribution in [0.25, 0.3) is 6.08 Å². The normalized spacial score (nSPS) is 12.3. The van der Waals surface area contributed by atoms with Crippen molar-refractivity contribution in [2.45, 2.75) is 6.61 Å². The zero-order chi connectivity index (χ0) is 18.5. The Kier molecular flexibility index (Phi) is 5.53. The molecule has 7 heteroatoms. The number of carbonyl (C=O) groups excluding carboxylic acids is 1. The van der Waals surface area contributed by atoms with E-state index >= 15 is 0 Å². The molecule has 136 valence electrons. The Labute approximate surface area is 155 Å². The molecule has 0 bridgehead atoms. The summed E-state index contributed by atoms with van der Waals surface area (Å²) in [7, 11) is 3.12. The van der Waals surface area contributed by atoms with Crippen LogP contribution in [0.2, 0.25) is 5.02 Å². The maximum Gasteiger partial charge on any atom is 0.331 e. The smallest absolute Gasteiger partial charge is 0.331 e. The SMILES string of the molecule is COc1ccc(OC)c(COC(=O)/C=C/c2cc(Cl)c3c(c2)OCO3)c1. The van der Waals surface area contributed by atoms with Gasteiger partial charge in [-0.25, -0.2) is 4.79 Å². The molecule has 1 aliphatic rings. The third kappa shape index (κ3) is 4.03. The first kappa shape index (κ1) is 17.9. The van der Waals surface area contributed by atoms with E-state index in [0.717, 1.165) is 0 Å². The van der Waals surface area contributed by atoms with E-state index in [1.165, 1.54) is 6.08 Å². The quantitative estimate of drug-likeness (QED) is 0.563. The molecule has 2 aromatic carbocycles. The van der Waals surface area contributed by atoms with E-state index in [2.05, 4.69) is 0 Å². The molecule has 0 aromatic heterocycles. The standard InChI is InChI=1S/C19H17ClO6/c1-22-14-4-5-16(23-2)13(9-14)10-24-18(21)6-3-12-7-15(20)19-17(8-12)25-11-26-19/h3-9H,10-11H2,1-2H3/b6-3+. The van der Waals surface area contributed by atoms with E-state index in [4.69, 9.17) is 35.3 Å². The van der Waals surface area contributed by atoms with Crippen LogP contribution in [0.4, 0.5) is 0 Å². The summed E-state index contributed by atoms with van der Waals surface area (Å²) in [5, 5.41) is 0.425. The molecule has 0 N–H and O–H groups in total. The topological polar surface area (TPSA) is 63.2 Å². The predicted molar refractivity (Wildman–Crippen MR) is 96.0 cm³/mol. The van der Waals surface area contributed by atoms with Gasteiger partial charge in [-0.2, -0.15) is 0 Å². The molecule has 0 saturated heterocycles. The van der Waals surface area contributed by atoms with Crippen LogP contribution in [-0.4, -0.2) is 27.0 Å². The second kappa shape index (κ2) is 8.01. The Bertz CT molecular complexity index is 846. The van der Waals surface area contributed by atoms with Gasteiger partial charge in [0.25, 0.3) is 0 Å². The fourth-order valence-electron chi connectivity index (χ4n) is 2.44. The highest BCUT2D eigenvalue weighted by Gasteiger charge is 2.17. The summed E-state index contributed by atoms with van der Waals surface area (Å²) >= 11 is 6.11. The van der Waals surface area contributed by atoms with Crippen molar-refractivity contribution in [1.82, 2.24) is 0 Å². The molecule has 2 aromatic rings. The van der Waals surface area contributed by atoms with Gasteiger partial charge in [-0.3, -0.25) is 0 Å². The number of carbonyl (C=O) groups is 1. The van der Waals surface area contributed by atoms with Crippen LogP contribution >= 0.6 is 11.6 Å². The average Bonchev–Trinajstić information content (AvgIpc) is 3.13. The number of ether oxygens (including phenoxy) is 5. The van der Waals surface area contributed by atoms with Crippen LogP contribution < -0.4 is 18.9 Å². The second-order valence-corrected chi connectivity index (χ2v) is 5.76. The van der Waals surface area contributed by atoms with Gasteiger partial charge in [0.2, 0.25) is 6.79 Å². The summed E-state index contributed by atoms with van der Waals surface area (Å²) in [4.78, 5) is 12.0. The fourth-order valence-corrected chi connectivity index (χ4v) is 2.71. The lowest BCUT2D eigenvalue weighted by atomic mass is 10.2. The van der Waals surface area contributed by atoms with Gasteiger partial charge in [0.15, 0.2) is 11.5 Å². The van der Waals surface area contributed by atoms with Gasteiger partial charge in [0, 0.05) is 11.6 Å². The fraction of sp³-hybridized carbons (Fsp3) is 0.211. The lowest BCUT2D eigenvalue weighted by molar-refractivity contribution is -0.138.